The van der Waals surface area contributed by atoms with E-state index in [1.165, 1.54) is 17.0 Å². The van der Waals surface area contributed by atoms with Crippen LogP contribution in [0.3, 0.4) is 0 Å². The Bertz CT molecular complexity index is 822. The van der Waals surface area contributed by atoms with Gasteiger partial charge in [-0.25, -0.2) is 4.79 Å². The molecule has 8 heteroatoms. The van der Waals surface area contributed by atoms with Gasteiger partial charge in [0.05, 0.1) is 11.6 Å². The maximum absolute atomic E-state index is 12.6. The van der Waals surface area contributed by atoms with Gasteiger partial charge in [0.25, 0.3) is 0 Å². The number of rotatable bonds is 4. The molecular weight excluding hydrogens is 361 g/mol. The van der Waals surface area contributed by atoms with E-state index in [-0.39, 0.29) is 25.4 Å². The summed E-state index contributed by atoms with van der Waals surface area (Å²) in [6.45, 7) is 2.20. The van der Waals surface area contributed by atoms with Gasteiger partial charge >= 0.3 is 12.2 Å². The van der Waals surface area contributed by atoms with Crippen molar-refractivity contribution in [1.82, 2.24) is 10.2 Å². The lowest BCUT2D eigenvalue weighted by Gasteiger charge is -2.22. The summed E-state index contributed by atoms with van der Waals surface area (Å²) in [4.78, 5) is 13.8. The van der Waals surface area contributed by atoms with E-state index in [1.54, 1.807) is 13.1 Å². The Morgan fingerprint density at radius 2 is 1.81 bits per heavy atom. The molecule has 0 saturated heterocycles. The van der Waals surface area contributed by atoms with Gasteiger partial charge in [0, 0.05) is 13.6 Å². The SMILES string of the molecule is CC(NC(=O)N(C)Cc1ccc(C(F)(F)F)cc1)c1ccc2c(c1)OCO2. The van der Waals surface area contributed by atoms with Crippen molar-refractivity contribution in [3.63, 3.8) is 0 Å². The lowest BCUT2D eigenvalue weighted by Crippen LogP contribution is -2.38. The number of alkyl halides is 3. The number of carbonyl (C=O) groups excluding carboxylic acids is 1. The lowest BCUT2D eigenvalue weighted by molar-refractivity contribution is -0.137. The van der Waals surface area contributed by atoms with E-state index < -0.39 is 11.7 Å². The van der Waals surface area contributed by atoms with E-state index in [2.05, 4.69) is 5.32 Å². The minimum Gasteiger partial charge on any atom is -0.454 e. The second kappa shape index (κ2) is 7.38. The average Bonchev–Trinajstić information content (AvgIpc) is 3.09. The molecule has 0 bridgehead atoms. The van der Waals surface area contributed by atoms with E-state index in [1.807, 2.05) is 19.1 Å². The van der Waals surface area contributed by atoms with Crippen molar-refractivity contribution in [2.24, 2.45) is 0 Å². The first kappa shape index (κ1) is 18.9. The highest BCUT2D eigenvalue weighted by molar-refractivity contribution is 5.74. The molecule has 1 heterocycles. The number of nitrogens with zero attached hydrogens (tertiary/aromatic N) is 1. The van der Waals surface area contributed by atoms with Crippen LogP contribution in [0.25, 0.3) is 0 Å². The average molecular weight is 380 g/mol. The molecule has 1 aliphatic heterocycles. The number of halogens is 3. The number of urea groups is 1. The molecule has 0 aliphatic carbocycles. The predicted octanol–water partition coefficient (Wildman–Crippen LogP) is 4.34. The fraction of sp³-hybridized carbons (Fsp3) is 0.316. The number of benzene rings is 2. The van der Waals surface area contributed by atoms with Gasteiger partial charge in [0.15, 0.2) is 11.5 Å². The number of carbonyl (C=O) groups is 1. The van der Waals surface area contributed by atoms with E-state index >= 15 is 0 Å². The second-order valence-corrected chi connectivity index (χ2v) is 6.33. The molecular formula is C19H19F3N2O3. The molecule has 3 rings (SSSR count). The number of ether oxygens (including phenoxy) is 2. The van der Waals surface area contributed by atoms with Crippen molar-refractivity contribution in [1.29, 1.82) is 0 Å². The molecule has 0 fully saturated rings. The van der Waals surface area contributed by atoms with Crippen LogP contribution in [0.4, 0.5) is 18.0 Å². The van der Waals surface area contributed by atoms with Crippen LogP contribution in [0.1, 0.15) is 29.7 Å². The van der Waals surface area contributed by atoms with Gasteiger partial charge in [-0.2, -0.15) is 13.2 Å². The molecule has 0 saturated carbocycles. The van der Waals surface area contributed by atoms with Crippen LogP contribution in [0.5, 0.6) is 11.5 Å². The smallest absolute Gasteiger partial charge is 0.416 e. The normalized spacial score (nSPS) is 14.0. The third kappa shape index (κ3) is 4.45. The van der Waals surface area contributed by atoms with Crippen LogP contribution < -0.4 is 14.8 Å². The zero-order chi connectivity index (χ0) is 19.6. The molecule has 0 aromatic heterocycles. The molecule has 1 atom stereocenters. The number of nitrogens with one attached hydrogen (secondary N) is 1. The maximum atomic E-state index is 12.6. The summed E-state index contributed by atoms with van der Waals surface area (Å²) in [6.07, 6.45) is -4.37. The van der Waals surface area contributed by atoms with Gasteiger partial charge in [-0.15, -0.1) is 0 Å². The first-order valence-corrected chi connectivity index (χ1v) is 8.31. The lowest BCUT2D eigenvalue weighted by atomic mass is 10.1. The highest BCUT2D eigenvalue weighted by atomic mass is 19.4. The van der Waals surface area contributed by atoms with Crippen LogP contribution in [0.15, 0.2) is 42.5 Å². The first-order valence-electron chi connectivity index (χ1n) is 8.31. The van der Waals surface area contributed by atoms with Crippen molar-refractivity contribution >= 4 is 6.03 Å². The fourth-order valence-electron chi connectivity index (χ4n) is 2.71. The Labute approximate surface area is 154 Å². The Kier molecular flexibility index (Phi) is 5.16. The Balaban J connectivity index is 1.58. The van der Waals surface area contributed by atoms with Gasteiger partial charge in [0.1, 0.15) is 0 Å². The zero-order valence-electron chi connectivity index (χ0n) is 14.8. The van der Waals surface area contributed by atoms with E-state index in [0.717, 1.165) is 17.7 Å². The molecule has 1 N–H and O–H groups in total. The van der Waals surface area contributed by atoms with Crippen molar-refractivity contribution in [2.75, 3.05) is 13.8 Å². The topological polar surface area (TPSA) is 50.8 Å². The van der Waals surface area contributed by atoms with Crippen molar-refractivity contribution in [2.45, 2.75) is 25.7 Å². The largest absolute Gasteiger partial charge is 0.454 e. The monoisotopic (exact) mass is 380 g/mol. The molecule has 1 aliphatic rings. The minimum atomic E-state index is -4.37. The first-order chi connectivity index (χ1) is 12.7. The standard InChI is InChI=1S/C19H19F3N2O3/c1-12(14-5-8-16-17(9-14)27-11-26-16)23-18(25)24(2)10-13-3-6-15(7-4-13)19(20,21)22/h3-9,12H,10-11H2,1-2H3,(H,23,25). The van der Waals surface area contributed by atoms with E-state index in [9.17, 15) is 18.0 Å². The van der Waals surface area contributed by atoms with Crippen molar-refractivity contribution in [3.05, 3.63) is 59.2 Å². The Hall–Kier alpha value is -2.90. The molecule has 5 nitrogen and oxygen atoms in total. The molecule has 2 amide bonds. The van der Waals surface area contributed by atoms with Crippen LogP contribution in [-0.2, 0) is 12.7 Å². The van der Waals surface area contributed by atoms with Crippen LogP contribution in [-0.4, -0.2) is 24.8 Å². The number of amides is 2. The minimum absolute atomic E-state index is 0.176. The van der Waals surface area contributed by atoms with Gasteiger partial charge in [-0.05, 0) is 42.3 Å². The van der Waals surface area contributed by atoms with Crippen LogP contribution in [0.2, 0.25) is 0 Å². The molecule has 2 aromatic rings. The summed E-state index contributed by atoms with van der Waals surface area (Å²) in [7, 11) is 1.58. The molecule has 1 unspecified atom stereocenters. The molecule has 2 aromatic carbocycles. The van der Waals surface area contributed by atoms with Gasteiger partial charge in [0.2, 0.25) is 6.79 Å². The number of hydrogen-bond donors (Lipinski definition) is 1. The molecule has 27 heavy (non-hydrogen) atoms. The predicted molar refractivity (Wildman–Crippen MR) is 92.4 cm³/mol. The van der Waals surface area contributed by atoms with Gasteiger partial charge in [-0.3, -0.25) is 0 Å². The third-order valence-electron chi connectivity index (χ3n) is 4.28. The van der Waals surface area contributed by atoms with Gasteiger partial charge < -0.3 is 19.7 Å². The zero-order valence-corrected chi connectivity index (χ0v) is 14.8. The summed E-state index contributed by atoms with van der Waals surface area (Å²) in [5.74, 6) is 1.29. The Morgan fingerprint density at radius 1 is 1.15 bits per heavy atom. The van der Waals surface area contributed by atoms with Crippen LogP contribution in [0, 0.1) is 0 Å². The van der Waals surface area contributed by atoms with E-state index in [0.29, 0.717) is 17.1 Å². The molecule has 0 spiro atoms. The number of fused-ring (bicyclic) bond motifs is 1. The summed E-state index contributed by atoms with van der Waals surface area (Å²) >= 11 is 0. The second-order valence-electron chi connectivity index (χ2n) is 6.33. The highest BCUT2D eigenvalue weighted by Crippen LogP contribution is 2.34. The maximum Gasteiger partial charge on any atom is 0.416 e. The third-order valence-corrected chi connectivity index (χ3v) is 4.28. The number of hydrogen-bond acceptors (Lipinski definition) is 3. The van der Waals surface area contributed by atoms with Crippen molar-refractivity contribution < 1.29 is 27.4 Å². The van der Waals surface area contributed by atoms with Crippen molar-refractivity contribution in [3.8, 4) is 11.5 Å². The molecule has 144 valence electrons. The Morgan fingerprint density at radius 3 is 2.48 bits per heavy atom. The van der Waals surface area contributed by atoms with Crippen LogP contribution >= 0.6 is 0 Å². The highest BCUT2D eigenvalue weighted by Gasteiger charge is 2.30. The summed E-state index contributed by atoms with van der Waals surface area (Å²) in [6, 6.07) is 9.58. The summed E-state index contributed by atoms with van der Waals surface area (Å²) in [5.41, 5.74) is 0.752. The summed E-state index contributed by atoms with van der Waals surface area (Å²) < 4.78 is 48.4. The fourth-order valence-corrected chi connectivity index (χ4v) is 2.71. The molecule has 0 radical (unpaired) electrons. The summed E-state index contributed by atoms with van der Waals surface area (Å²) in [5, 5.41) is 2.85. The van der Waals surface area contributed by atoms with E-state index in [4.69, 9.17) is 9.47 Å². The quantitative estimate of drug-likeness (QED) is 0.859. The van der Waals surface area contributed by atoms with Gasteiger partial charge in [-0.1, -0.05) is 18.2 Å².